The van der Waals surface area contributed by atoms with Gasteiger partial charge in [0.05, 0.1) is 12.8 Å². The van der Waals surface area contributed by atoms with E-state index >= 15 is 0 Å². The first-order valence-electron chi connectivity index (χ1n) is 35.5. The number of unbranched alkanes of at least 4 members (excludes halogenated alkanes) is 44. The van der Waals surface area contributed by atoms with Crippen molar-refractivity contribution in [2.75, 3.05) is 92.8 Å². The predicted molar refractivity (Wildman–Crippen MR) is 343 cm³/mol. The van der Waals surface area contributed by atoms with Gasteiger partial charge < -0.3 is 29.1 Å². The van der Waals surface area contributed by atoms with Crippen molar-refractivity contribution >= 4 is 11.9 Å². The summed E-state index contributed by atoms with van der Waals surface area (Å²) in [7, 11) is 4.27. The summed E-state index contributed by atoms with van der Waals surface area (Å²) >= 11 is 0. The monoisotopic (exact) mass is 1100 g/mol. The SMILES string of the molecule is CCCCCCCCCCCCCCN(CCCCCCCCCCCCCC)CCN(C)CCC(=O)OCCOC(=O)CCN(C)CCN(CCCCCCCCCCCCCC)CCCCCCCCCCCCCC. The Morgan fingerprint density at radius 2 is 0.410 bits per heavy atom. The molecule has 0 atom stereocenters. The molecule has 0 aromatic carbocycles. The molecule has 8 nitrogen and oxygen atoms in total. The van der Waals surface area contributed by atoms with Crippen molar-refractivity contribution < 1.29 is 19.1 Å². The highest BCUT2D eigenvalue weighted by Gasteiger charge is 2.13. The number of rotatable bonds is 67. The standard InChI is InChI=1S/C70H142N4O4/c1-7-11-15-19-23-27-31-35-39-43-47-51-57-73(58-52-48-44-40-36-32-28-24-20-16-12-8-2)65-63-71(5)61-55-69(75)77-67-68-78-70(76)56-62-72(6)64-66-74(59-53-49-45-41-37-33-29-25-21-17-13-9-3)60-54-50-46-42-38-34-30-26-22-18-14-10-4/h7-68H2,1-6H3. The highest BCUT2D eigenvalue weighted by atomic mass is 16.6. The topological polar surface area (TPSA) is 65.6 Å². The Morgan fingerprint density at radius 3 is 0.603 bits per heavy atom. The molecular weight excluding hydrogens is 961 g/mol. The van der Waals surface area contributed by atoms with Gasteiger partial charge in [-0.05, 0) is 66.0 Å². The maximum atomic E-state index is 12.7. The Hall–Kier alpha value is -1.22. The van der Waals surface area contributed by atoms with Crippen molar-refractivity contribution in [1.29, 1.82) is 0 Å². The summed E-state index contributed by atoms with van der Waals surface area (Å²) in [4.78, 5) is 35.4. The van der Waals surface area contributed by atoms with Crippen LogP contribution in [0.3, 0.4) is 0 Å². The fourth-order valence-corrected chi connectivity index (χ4v) is 11.2. The Bertz CT molecular complexity index is 1030. The highest BCUT2D eigenvalue weighted by Crippen LogP contribution is 2.17. The minimum absolute atomic E-state index is 0.128. The third-order valence-electron chi connectivity index (χ3n) is 16.9. The van der Waals surface area contributed by atoms with Gasteiger partial charge >= 0.3 is 11.9 Å². The van der Waals surface area contributed by atoms with Crippen molar-refractivity contribution in [3.05, 3.63) is 0 Å². The molecule has 0 unspecified atom stereocenters. The summed E-state index contributed by atoms with van der Waals surface area (Å²) in [6.07, 6.45) is 67.4. The molecule has 0 rings (SSSR count). The molecule has 0 heterocycles. The molecule has 0 saturated carbocycles. The van der Waals surface area contributed by atoms with Crippen molar-refractivity contribution in [2.24, 2.45) is 0 Å². The van der Waals surface area contributed by atoms with Crippen LogP contribution in [-0.4, -0.2) is 124 Å². The van der Waals surface area contributed by atoms with Crippen LogP contribution in [0.1, 0.15) is 349 Å². The van der Waals surface area contributed by atoms with Gasteiger partial charge in [-0.2, -0.15) is 0 Å². The molecule has 0 saturated heterocycles. The van der Waals surface area contributed by atoms with Gasteiger partial charge in [0.1, 0.15) is 13.2 Å². The molecule has 0 N–H and O–H groups in total. The number of hydrogen-bond donors (Lipinski definition) is 0. The van der Waals surface area contributed by atoms with Crippen molar-refractivity contribution in [2.45, 2.75) is 349 Å². The minimum atomic E-state index is -0.209. The zero-order chi connectivity index (χ0) is 56.7. The first kappa shape index (κ1) is 76.8. The number of likely N-dealkylation sites (N-methyl/N-ethyl adjacent to an activating group) is 2. The van der Waals surface area contributed by atoms with Crippen LogP contribution in [0.15, 0.2) is 0 Å². The second-order valence-electron chi connectivity index (χ2n) is 24.8. The zero-order valence-electron chi connectivity index (χ0n) is 54.3. The Kier molecular flexibility index (Phi) is 63.9. The predicted octanol–water partition coefficient (Wildman–Crippen LogP) is 20.1. The van der Waals surface area contributed by atoms with E-state index in [4.69, 9.17) is 9.47 Å². The molecule has 466 valence electrons. The van der Waals surface area contributed by atoms with Crippen LogP contribution < -0.4 is 0 Å². The normalized spacial score (nSPS) is 11.9. The maximum absolute atomic E-state index is 12.7. The number of hydrogen-bond acceptors (Lipinski definition) is 8. The molecule has 0 aromatic rings. The molecule has 0 amide bonds. The van der Waals surface area contributed by atoms with Crippen LogP contribution in [0.4, 0.5) is 0 Å². The molecular formula is C70H142N4O4. The van der Waals surface area contributed by atoms with Gasteiger partial charge in [-0.1, -0.05) is 310 Å². The van der Waals surface area contributed by atoms with Crippen LogP contribution in [-0.2, 0) is 19.1 Å². The van der Waals surface area contributed by atoms with E-state index in [1.54, 1.807) is 0 Å². The molecule has 0 fully saturated rings. The largest absolute Gasteiger partial charge is 0.462 e. The quantitative estimate of drug-likeness (QED) is 0.0441. The zero-order valence-corrected chi connectivity index (χ0v) is 54.3. The number of esters is 2. The van der Waals surface area contributed by atoms with Gasteiger partial charge in [-0.25, -0.2) is 0 Å². The van der Waals surface area contributed by atoms with Crippen LogP contribution in [0, 0.1) is 0 Å². The Morgan fingerprint density at radius 1 is 0.231 bits per heavy atom. The van der Waals surface area contributed by atoms with Crippen LogP contribution in [0.5, 0.6) is 0 Å². The van der Waals surface area contributed by atoms with Crippen LogP contribution in [0.25, 0.3) is 0 Å². The average Bonchev–Trinajstić information content (AvgIpc) is 3.44. The van der Waals surface area contributed by atoms with E-state index in [-0.39, 0.29) is 25.2 Å². The fraction of sp³-hybridized carbons (Fsp3) is 0.971. The Balaban J connectivity index is 4.54. The number of carbonyl (C=O) groups is 2. The van der Waals surface area contributed by atoms with Gasteiger partial charge in [0.15, 0.2) is 0 Å². The maximum Gasteiger partial charge on any atom is 0.307 e. The highest BCUT2D eigenvalue weighted by molar-refractivity contribution is 5.70. The first-order chi connectivity index (χ1) is 38.4. The third kappa shape index (κ3) is 60.9. The lowest BCUT2D eigenvalue weighted by Gasteiger charge is -2.25. The van der Waals surface area contributed by atoms with Gasteiger partial charge in [-0.15, -0.1) is 0 Å². The van der Waals surface area contributed by atoms with E-state index in [1.165, 1.54) is 334 Å². The van der Waals surface area contributed by atoms with Gasteiger partial charge in [0.2, 0.25) is 0 Å². The molecule has 0 aliphatic rings. The van der Waals surface area contributed by atoms with Crippen molar-refractivity contribution in [3.8, 4) is 0 Å². The van der Waals surface area contributed by atoms with Crippen LogP contribution in [0.2, 0.25) is 0 Å². The lowest BCUT2D eigenvalue weighted by molar-refractivity contribution is -0.152. The fourth-order valence-electron chi connectivity index (χ4n) is 11.2. The third-order valence-corrected chi connectivity index (χ3v) is 16.9. The first-order valence-corrected chi connectivity index (χ1v) is 35.5. The molecule has 0 spiro atoms. The van der Waals surface area contributed by atoms with Gasteiger partial charge in [-0.3, -0.25) is 9.59 Å². The lowest BCUT2D eigenvalue weighted by Crippen LogP contribution is -2.35. The lowest BCUT2D eigenvalue weighted by atomic mass is 10.0. The number of carbonyl (C=O) groups excluding carboxylic acids is 2. The van der Waals surface area contributed by atoms with E-state index in [0.717, 1.165) is 26.2 Å². The molecule has 0 radical (unpaired) electrons. The molecule has 0 aliphatic heterocycles. The van der Waals surface area contributed by atoms with Gasteiger partial charge in [0, 0.05) is 39.3 Å². The number of ether oxygens (including phenoxy) is 2. The average molecular weight is 1100 g/mol. The summed E-state index contributed by atoms with van der Waals surface area (Å²) in [5.41, 5.74) is 0. The summed E-state index contributed by atoms with van der Waals surface area (Å²) in [6.45, 7) is 19.7. The van der Waals surface area contributed by atoms with E-state index in [0.29, 0.717) is 25.9 Å². The summed E-state index contributed by atoms with van der Waals surface area (Å²) in [5, 5.41) is 0. The second-order valence-corrected chi connectivity index (χ2v) is 24.8. The van der Waals surface area contributed by atoms with E-state index in [1.807, 2.05) is 0 Å². The summed E-state index contributed by atoms with van der Waals surface area (Å²) in [5.74, 6) is -0.418. The summed E-state index contributed by atoms with van der Waals surface area (Å²) < 4.78 is 11.0. The van der Waals surface area contributed by atoms with Crippen LogP contribution >= 0.6 is 0 Å². The van der Waals surface area contributed by atoms with E-state index in [9.17, 15) is 9.59 Å². The smallest absolute Gasteiger partial charge is 0.307 e. The van der Waals surface area contributed by atoms with Gasteiger partial charge in [0.25, 0.3) is 0 Å². The summed E-state index contributed by atoms with van der Waals surface area (Å²) in [6, 6.07) is 0. The van der Waals surface area contributed by atoms with E-state index < -0.39 is 0 Å². The van der Waals surface area contributed by atoms with E-state index in [2.05, 4.69) is 61.4 Å². The molecule has 8 heteroatoms. The molecule has 0 bridgehead atoms. The minimum Gasteiger partial charge on any atom is -0.462 e. The Labute approximate surface area is 490 Å². The van der Waals surface area contributed by atoms with Crippen molar-refractivity contribution in [1.82, 2.24) is 19.6 Å². The molecule has 78 heavy (non-hydrogen) atoms. The molecule has 0 aliphatic carbocycles. The molecule has 0 aromatic heterocycles. The van der Waals surface area contributed by atoms with Crippen molar-refractivity contribution in [3.63, 3.8) is 0 Å². The second kappa shape index (κ2) is 64.9. The number of nitrogens with zero attached hydrogens (tertiary/aromatic N) is 4.